The summed E-state index contributed by atoms with van der Waals surface area (Å²) in [6.07, 6.45) is -3.33. The van der Waals surface area contributed by atoms with Crippen molar-refractivity contribution in [3.63, 3.8) is 0 Å². The second kappa shape index (κ2) is 6.35. The van der Waals surface area contributed by atoms with Crippen LogP contribution in [0.2, 0.25) is 0 Å². The van der Waals surface area contributed by atoms with Gasteiger partial charge in [-0.3, -0.25) is 9.69 Å². The van der Waals surface area contributed by atoms with Crippen molar-refractivity contribution in [3.8, 4) is 0 Å². The van der Waals surface area contributed by atoms with Gasteiger partial charge >= 0.3 is 6.18 Å². The fourth-order valence-electron chi connectivity index (χ4n) is 3.92. The van der Waals surface area contributed by atoms with Gasteiger partial charge in [-0.05, 0) is 24.1 Å². The number of nitrogens with zero attached hydrogens (tertiary/aromatic N) is 3. The molecule has 0 atom stereocenters. The molecule has 4 rings (SSSR count). The molecule has 26 heavy (non-hydrogen) atoms. The van der Waals surface area contributed by atoms with Gasteiger partial charge in [0.05, 0.1) is 11.1 Å². The van der Waals surface area contributed by atoms with Gasteiger partial charge in [-0.1, -0.05) is 12.1 Å². The lowest BCUT2D eigenvalue weighted by molar-refractivity contribution is -0.137. The van der Waals surface area contributed by atoms with Crippen molar-refractivity contribution >= 4 is 17.2 Å². The molecule has 1 aromatic carbocycles. The highest BCUT2D eigenvalue weighted by Gasteiger charge is 2.48. The van der Waals surface area contributed by atoms with Crippen molar-refractivity contribution in [1.82, 2.24) is 14.8 Å². The van der Waals surface area contributed by atoms with E-state index in [1.807, 2.05) is 4.90 Å². The van der Waals surface area contributed by atoms with Crippen molar-refractivity contribution < 1.29 is 18.0 Å². The van der Waals surface area contributed by atoms with Gasteiger partial charge in [0.15, 0.2) is 0 Å². The average Bonchev–Trinajstić information content (AvgIpc) is 3.23. The number of hydrogen-bond acceptors (Lipinski definition) is 4. The van der Waals surface area contributed by atoms with Crippen LogP contribution in [-0.2, 0) is 12.7 Å². The molecule has 2 aliphatic rings. The van der Waals surface area contributed by atoms with Gasteiger partial charge in [-0.25, -0.2) is 4.98 Å². The van der Waals surface area contributed by atoms with Gasteiger partial charge in [-0.15, -0.1) is 11.3 Å². The first-order valence-corrected chi connectivity index (χ1v) is 9.35. The Morgan fingerprint density at radius 2 is 1.92 bits per heavy atom. The van der Waals surface area contributed by atoms with E-state index in [1.165, 1.54) is 11.3 Å². The molecule has 2 aliphatic heterocycles. The van der Waals surface area contributed by atoms with Crippen molar-refractivity contribution in [2.75, 3.05) is 26.2 Å². The molecular weight excluding hydrogens is 363 g/mol. The molecule has 4 nitrogen and oxygen atoms in total. The minimum Gasteiger partial charge on any atom is -0.337 e. The fourth-order valence-corrected chi connectivity index (χ4v) is 4.44. The molecule has 1 amide bonds. The van der Waals surface area contributed by atoms with Crippen LogP contribution in [0.5, 0.6) is 0 Å². The molecule has 138 valence electrons. The second-order valence-electron chi connectivity index (χ2n) is 7.19. The monoisotopic (exact) mass is 381 g/mol. The summed E-state index contributed by atoms with van der Waals surface area (Å²) in [6, 6.07) is 5.35. The number of likely N-dealkylation sites (tertiary alicyclic amines) is 2. The van der Waals surface area contributed by atoms with E-state index < -0.39 is 11.7 Å². The fraction of sp³-hybridized carbons (Fsp3) is 0.444. The molecule has 2 saturated heterocycles. The maximum absolute atomic E-state index is 12.6. The maximum Gasteiger partial charge on any atom is 0.416 e. The molecule has 0 saturated carbocycles. The highest BCUT2D eigenvalue weighted by molar-refractivity contribution is 7.07. The summed E-state index contributed by atoms with van der Waals surface area (Å²) in [6.45, 7) is 3.85. The van der Waals surface area contributed by atoms with Gasteiger partial charge in [-0.2, -0.15) is 13.2 Å². The van der Waals surface area contributed by atoms with Crippen molar-refractivity contribution in [2.45, 2.75) is 19.1 Å². The van der Waals surface area contributed by atoms with Gasteiger partial charge in [0, 0.05) is 43.5 Å². The van der Waals surface area contributed by atoms with Gasteiger partial charge in [0.1, 0.15) is 5.69 Å². The lowest BCUT2D eigenvalue weighted by Gasteiger charge is -2.48. The molecule has 2 aromatic rings. The normalized spacial score (nSPS) is 19.7. The number of hydrogen-bond donors (Lipinski definition) is 0. The number of halogens is 3. The van der Waals surface area contributed by atoms with E-state index in [9.17, 15) is 18.0 Å². The molecule has 0 unspecified atom stereocenters. The van der Waals surface area contributed by atoms with Crippen LogP contribution < -0.4 is 0 Å². The molecule has 0 radical (unpaired) electrons. The molecule has 0 aliphatic carbocycles. The van der Waals surface area contributed by atoms with Gasteiger partial charge < -0.3 is 4.90 Å². The first kappa shape index (κ1) is 17.5. The summed E-state index contributed by atoms with van der Waals surface area (Å²) in [4.78, 5) is 20.6. The number of aromatic nitrogens is 1. The van der Waals surface area contributed by atoms with E-state index in [-0.39, 0.29) is 11.3 Å². The predicted octanol–water partition coefficient (Wildman–Crippen LogP) is 3.51. The zero-order chi connectivity index (χ0) is 18.4. The maximum atomic E-state index is 12.6. The van der Waals surface area contributed by atoms with Crippen LogP contribution in [0.3, 0.4) is 0 Å². The molecule has 3 heterocycles. The van der Waals surface area contributed by atoms with E-state index in [2.05, 4.69) is 9.88 Å². The Balaban J connectivity index is 1.31. The first-order chi connectivity index (χ1) is 12.3. The highest BCUT2D eigenvalue weighted by atomic mass is 32.1. The number of carbonyl (C=O) groups excluding carboxylic acids is 1. The van der Waals surface area contributed by atoms with E-state index in [0.29, 0.717) is 12.2 Å². The molecule has 0 bridgehead atoms. The molecule has 0 N–H and O–H groups in total. The standard InChI is InChI=1S/C18H18F3N3OS/c19-18(20,21)14-3-1-13(2-4-14)7-23-9-17(10-23)5-6-24(11-17)16(25)15-8-26-12-22-15/h1-4,8,12H,5-7,9-11H2. The van der Waals surface area contributed by atoms with Crippen molar-refractivity contribution in [1.29, 1.82) is 0 Å². The second-order valence-corrected chi connectivity index (χ2v) is 7.91. The number of alkyl halides is 3. The number of carbonyl (C=O) groups is 1. The van der Waals surface area contributed by atoms with Gasteiger partial charge in [0.2, 0.25) is 0 Å². The van der Waals surface area contributed by atoms with E-state index in [4.69, 9.17) is 0 Å². The topological polar surface area (TPSA) is 36.4 Å². The number of thiazole rings is 1. The summed E-state index contributed by atoms with van der Waals surface area (Å²) in [5, 5.41) is 1.77. The Morgan fingerprint density at radius 3 is 2.54 bits per heavy atom. The Hall–Kier alpha value is -1.93. The molecule has 1 spiro atoms. The van der Waals surface area contributed by atoms with Crippen LogP contribution in [-0.4, -0.2) is 46.9 Å². The lowest BCUT2D eigenvalue weighted by Crippen LogP contribution is -2.57. The number of benzene rings is 1. The smallest absolute Gasteiger partial charge is 0.337 e. The Labute approximate surface area is 153 Å². The minimum absolute atomic E-state index is 0.00989. The first-order valence-electron chi connectivity index (χ1n) is 8.41. The third-order valence-corrected chi connectivity index (χ3v) is 5.77. The third kappa shape index (κ3) is 3.35. The van der Waals surface area contributed by atoms with E-state index in [0.717, 1.165) is 50.3 Å². The van der Waals surface area contributed by atoms with Crippen LogP contribution in [0.1, 0.15) is 28.0 Å². The number of amides is 1. The number of rotatable bonds is 3. The summed E-state index contributed by atoms with van der Waals surface area (Å²) < 4.78 is 37.9. The molecule has 1 aromatic heterocycles. The molecule has 8 heteroatoms. The minimum atomic E-state index is -4.30. The molecular formula is C18H18F3N3OS. The quantitative estimate of drug-likeness (QED) is 0.816. The Bertz CT molecular complexity index is 783. The Kier molecular flexibility index (Phi) is 4.27. The highest BCUT2D eigenvalue weighted by Crippen LogP contribution is 2.40. The van der Waals surface area contributed by atoms with Crippen LogP contribution in [0.15, 0.2) is 35.2 Å². The largest absolute Gasteiger partial charge is 0.416 e. The summed E-state index contributed by atoms with van der Waals surface area (Å²) in [5.74, 6) is -0.00989. The van der Waals surface area contributed by atoms with E-state index >= 15 is 0 Å². The van der Waals surface area contributed by atoms with Crippen LogP contribution in [0, 0.1) is 5.41 Å². The van der Waals surface area contributed by atoms with E-state index in [1.54, 1.807) is 23.0 Å². The average molecular weight is 381 g/mol. The lowest BCUT2D eigenvalue weighted by atomic mass is 9.79. The van der Waals surface area contributed by atoms with Crippen LogP contribution >= 0.6 is 11.3 Å². The molecule has 2 fully saturated rings. The zero-order valence-electron chi connectivity index (χ0n) is 14.0. The van der Waals surface area contributed by atoms with Crippen LogP contribution in [0.25, 0.3) is 0 Å². The SMILES string of the molecule is O=C(c1cscn1)N1CCC2(CN(Cc3ccc(C(F)(F)F)cc3)C2)C1. The van der Waals surface area contributed by atoms with Gasteiger partial charge in [0.25, 0.3) is 5.91 Å². The summed E-state index contributed by atoms with van der Waals surface area (Å²) >= 11 is 1.41. The summed E-state index contributed by atoms with van der Waals surface area (Å²) in [7, 11) is 0. The third-order valence-electron chi connectivity index (χ3n) is 5.18. The summed E-state index contributed by atoms with van der Waals surface area (Å²) in [5.41, 5.74) is 2.55. The Morgan fingerprint density at radius 1 is 1.19 bits per heavy atom. The van der Waals surface area contributed by atoms with Crippen molar-refractivity contribution in [3.05, 3.63) is 52.0 Å². The van der Waals surface area contributed by atoms with Crippen LogP contribution in [0.4, 0.5) is 13.2 Å². The zero-order valence-corrected chi connectivity index (χ0v) is 14.8. The predicted molar refractivity (Wildman–Crippen MR) is 91.8 cm³/mol. The van der Waals surface area contributed by atoms with Crippen molar-refractivity contribution in [2.24, 2.45) is 5.41 Å².